The molecule has 1 unspecified atom stereocenters. The fourth-order valence-corrected chi connectivity index (χ4v) is 2.71. The number of nitrogens with zero attached hydrogens (tertiary/aromatic N) is 3. The number of hydrogen-bond donors (Lipinski definition) is 0. The smallest absolute Gasteiger partial charge is 0.205 e. The molecule has 1 aliphatic rings. The van der Waals surface area contributed by atoms with Gasteiger partial charge in [-0.05, 0) is 0 Å². The molecule has 1 aromatic heterocycles. The topological polar surface area (TPSA) is 38.2 Å². The first-order chi connectivity index (χ1) is 8.00. The Bertz CT molecular complexity index is 377. The Labute approximate surface area is 111 Å². The zero-order valence-electron chi connectivity index (χ0n) is 10.4. The number of halogens is 1. The van der Waals surface area contributed by atoms with Crippen molar-refractivity contribution in [1.29, 1.82) is 0 Å². The average Bonchev–Trinajstić information content (AvgIpc) is 2.78. The van der Waals surface area contributed by atoms with Gasteiger partial charge in [0.1, 0.15) is 5.82 Å². The molecule has 1 atom stereocenters. The second kappa shape index (κ2) is 5.08. The van der Waals surface area contributed by atoms with Crippen molar-refractivity contribution in [3.63, 3.8) is 0 Å². The van der Waals surface area contributed by atoms with Crippen LogP contribution in [0.4, 0.5) is 5.13 Å². The number of alkyl halides is 1. The summed E-state index contributed by atoms with van der Waals surface area (Å²) in [6, 6.07) is 0. The standard InChI is InChI=1S/C11H18ClN3OS/c1-11(2,3)9-13-10(17-14-9)15-4-5-16-8(6-12)7-15/h8H,4-7H2,1-3H3. The van der Waals surface area contributed by atoms with Gasteiger partial charge in [-0.25, -0.2) is 4.98 Å². The van der Waals surface area contributed by atoms with Crippen molar-refractivity contribution in [2.75, 3.05) is 30.5 Å². The van der Waals surface area contributed by atoms with Crippen molar-refractivity contribution in [2.24, 2.45) is 0 Å². The summed E-state index contributed by atoms with van der Waals surface area (Å²) in [7, 11) is 0. The molecule has 0 radical (unpaired) electrons. The van der Waals surface area contributed by atoms with E-state index in [0.717, 1.165) is 24.0 Å². The van der Waals surface area contributed by atoms with E-state index in [4.69, 9.17) is 16.3 Å². The lowest BCUT2D eigenvalue weighted by molar-refractivity contribution is 0.0554. The third kappa shape index (κ3) is 3.09. The van der Waals surface area contributed by atoms with Crippen molar-refractivity contribution < 1.29 is 4.74 Å². The minimum absolute atomic E-state index is 0.00687. The summed E-state index contributed by atoms with van der Waals surface area (Å²) >= 11 is 7.29. The summed E-state index contributed by atoms with van der Waals surface area (Å²) in [5, 5.41) is 0.980. The Balaban J connectivity index is 2.09. The van der Waals surface area contributed by atoms with E-state index >= 15 is 0 Å². The highest BCUT2D eigenvalue weighted by molar-refractivity contribution is 7.09. The molecule has 6 heteroatoms. The lowest BCUT2D eigenvalue weighted by atomic mass is 9.96. The number of anilines is 1. The maximum absolute atomic E-state index is 5.83. The monoisotopic (exact) mass is 275 g/mol. The second-order valence-electron chi connectivity index (χ2n) is 5.24. The molecule has 96 valence electrons. The highest BCUT2D eigenvalue weighted by Gasteiger charge is 2.25. The van der Waals surface area contributed by atoms with Crippen molar-refractivity contribution in [3.05, 3.63) is 5.82 Å². The van der Waals surface area contributed by atoms with E-state index in [1.807, 2.05) is 0 Å². The van der Waals surface area contributed by atoms with Crippen LogP contribution in [0, 0.1) is 0 Å². The maximum atomic E-state index is 5.83. The zero-order chi connectivity index (χ0) is 12.5. The van der Waals surface area contributed by atoms with Crippen LogP contribution in [0.2, 0.25) is 0 Å². The van der Waals surface area contributed by atoms with Gasteiger partial charge in [-0.1, -0.05) is 20.8 Å². The van der Waals surface area contributed by atoms with Gasteiger partial charge in [0.25, 0.3) is 0 Å². The summed E-state index contributed by atoms with van der Waals surface area (Å²) in [5.41, 5.74) is 0.00687. The normalized spacial score (nSPS) is 21.9. The second-order valence-corrected chi connectivity index (χ2v) is 6.28. The van der Waals surface area contributed by atoms with Gasteiger partial charge in [0.2, 0.25) is 5.13 Å². The van der Waals surface area contributed by atoms with Crippen molar-refractivity contribution in [1.82, 2.24) is 9.36 Å². The molecule has 0 spiro atoms. The first-order valence-electron chi connectivity index (χ1n) is 5.77. The molecule has 17 heavy (non-hydrogen) atoms. The predicted octanol–water partition coefficient (Wildman–Crippen LogP) is 2.28. The summed E-state index contributed by atoms with van der Waals surface area (Å²) < 4.78 is 9.96. The van der Waals surface area contributed by atoms with Crippen LogP contribution in [0.25, 0.3) is 0 Å². The molecular weight excluding hydrogens is 258 g/mol. The lowest BCUT2D eigenvalue weighted by Crippen LogP contribution is -2.43. The van der Waals surface area contributed by atoms with Gasteiger partial charge < -0.3 is 9.64 Å². The van der Waals surface area contributed by atoms with Gasteiger partial charge in [0.15, 0.2) is 0 Å². The van der Waals surface area contributed by atoms with Crippen LogP contribution in [0.1, 0.15) is 26.6 Å². The fourth-order valence-electron chi connectivity index (χ4n) is 1.64. The van der Waals surface area contributed by atoms with Crippen molar-refractivity contribution in [3.8, 4) is 0 Å². The average molecular weight is 276 g/mol. The summed E-state index contributed by atoms with van der Waals surface area (Å²) in [4.78, 5) is 6.82. The highest BCUT2D eigenvalue weighted by Crippen LogP contribution is 2.26. The van der Waals surface area contributed by atoms with Crippen molar-refractivity contribution in [2.45, 2.75) is 32.3 Å². The fraction of sp³-hybridized carbons (Fsp3) is 0.818. The molecule has 0 N–H and O–H groups in total. The molecule has 4 nitrogen and oxygen atoms in total. The van der Waals surface area contributed by atoms with Gasteiger partial charge >= 0.3 is 0 Å². The molecule has 0 aromatic carbocycles. The molecular formula is C11H18ClN3OS. The Morgan fingerprint density at radius 1 is 1.53 bits per heavy atom. The van der Waals surface area contributed by atoms with Gasteiger partial charge in [0.05, 0.1) is 18.6 Å². The molecule has 0 saturated carbocycles. The Hall–Kier alpha value is -0.390. The van der Waals surface area contributed by atoms with Gasteiger partial charge in [0, 0.05) is 30.0 Å². The summed E-state index contributed by atoms with van der Waals surface area (Å²) in [5.74, 6) is 1.44. The van der Waals surface area contributed by atoms with Crippen LogP contribution < -0.4 is 4.90 Å². The molecule has 0 aliphatic carbocycles. The van der Waals surface area contributed by atoms with E-state index in [0.29, 0.717) is 12.5 Å². The summed E-state index contributed by atoms with van der Waals surface area (Å²) in [6.45, 7) is 8.76. The first kappa shape index (κ1) is 13.1. The molecule has 1 aliphatic heterocycles. The van der Waals surface area contributed by atoms with Gasteiger partial charge in [-0.2, -0.15) is 4.37 Å². The molecule has 1 saturated heterocycles. The van der Waals surface area contributed by atoms with Crippen LogP contribution in [0.3, 0.4) is 0 Å². The molecule has 1 fully saturated rings. The van der Waals surface area contributed by atoms with Crippen LogP contribution in [0.15, 0.2) is 0 Å². The van der Waals surface area contributed by atoms with E-state index < -0.39 is 0 Å². The third-order valence-electron chi connectivity index (χ3n) is 2.67. The van der Waals surface area contributed by atoms with E-state index in [9.17, 15) is 0 Å². The van der Waals surface area contributed by atoms with Crippen LogP contribution in [-0.4, -0.2) is 41.0 Å². The van der Waals surface area contributed by atoms with Gasteiger partial charge in [-0.15, -0.1) is 11.6 Å². The molecule has 0 bridgehead atoms. The van der Waals surface area contributed by atoms with E-state index in [-0.39, 0.29) is 11.5 Å². The largest absolute Gasteiger partial charge is 0.373 e. The molecule has 2 rings (SSSR count). The third-order valence-corrected chi connectivity index (χ3v) is 3.79. The number of ether oxygens (including phenoxy) is 1. The number of rotatable bonds is 2. The highest BCUT2D eigenvalue weighted by atomic mass is 35.5. The van der Waals surface area contributed by atoms with E-state index in [1.54, 1.807) is 0 Å². The lowest BCUT2D eigenvalue weighted by Gasteiger charge is -2.31. The number of aromatic nitrogens is 2. The predicted molar refractivity (Wildman–Crippen MR) is 71.3 cm³/mol. The Morgan fingerprint density at radius 3 is 2.88 bits per heavy atom. The zero-order valence-corrected chi connectivity index (χ0v) is 12.0. The minimum atomic E-state index is 0.00687. The quantitative estimate of drug-likeness (QED) is 0.776. The van der Waals surface area contributed by atoms with Crippen LogP contribution >= 0.6 is 23.1 Å². The van der Waals surface area contributed by atoms with E-state index in [1.165, 1.54) is 11.5 Å². The molecule has 1 aromatic rings. The summed E-state index contributed by atoms with van der Waals surface area (Å²) in [6.07, 6.45) is 0.104. The van der Waals surface area contributed by atoms with Crippen molar-refractivity contribution >= 4 is 28.3 Å². The Morgan fingerprint density at radius 2 is 2.29 bits per heavy atom. The Kier molecular flexibility index (Phi) is 3.90. The SMILES string of the molecule is CC(C)(C)c1nsc(N2CCOC(CCl)C2)n1. The van der Waals surface area contributed by atoms with Crippen LogP contribution in [0.5, 0.6) is 0 Å². The van der Waals surface area contributed by atoms with E-state index in [2.05, 4.69) is 35.0 Å². The number of morpholine rings is 1. The van der Waals surface area contributed by atoms with Crippen LogP contribution in [-0.2, 0) is 10.2 Å². The first-order valence-corrected chi connectivity index (χ1v) is 7.08. The van der Waals surface area contributed by atoms with Gasteiger partial charge in [-0.3, -0.25) is 0 Å². The number of hydrogen-bond acceptors (Lipinski definition) is 5. The minimum Gasteiger partial charge on any atom is -0.373 e. The maximum Gasteiger partial charge on any atom is 0.205 e. The molecule has 0 amide bonds. The molecule has 2 heterocycles.